The Balaban J connectivity index is 2.77. The first-order valence-electron chi connectivity index (χ1n) is 8.69. The smallest absolute Gasteiger partial charge is 0.242 e. The van der Waals surface area contributed by atoms with E-state index in [4.69, 9.17) is 0 Å². The molecule has 0 fully saturated rings. The van der Waals surface area contributed by atoms with Gasteiger partial charge in [0.05, 0.1) is 17.2 Å². The third kappa shape index (κ3) is 8.27. The number of nitrogens with one attached hydrogen (secondary N) is 2. The highest BCUT2D eigenvalue weighted by Gasteiger charge is 2.16. The van der Waals surface area contributed by atoms with Crippen LogP contribution in [0, 0.1) is 0 Å². The molecule has 8 nitrogen and oxygen atoms in total. The normalized spacial score (nSPS) is 14.2. The van der Waals surface area contributed by atoms with E-state index in [0.29, 0.717) is 25.5 Å². The lowest BCUT2D eigenvalue weighted by atomic mass is 10.2. The summed E-state index contributed by atoms with van der Waals surface area (Å²) in [5, 5.41) is 6.30. The fourth-order valence-electron chi connectivity index (χ4n) is 2.16. The van der Waals surface area contributed by atoms with Gasteiger partial charge >= 0.3 is 0 Å². The number of hydrogen-bond acceptors (Lipinski definition) is 5. The molecule has 1 aromatic rings. The van der Waals surface area contributed by atoms with Gasteiger partial charge in [-0.2, -0.15) is 0 Å². The van der Waals surface area contributed by atoms with E-state index in [-0.39, 0.29) is 16.7 Å². The second-order valence-corrected chi connectivity index (χ2v) is 11.0. The van der Waals surface area contributed by atoms with E-state index in [9.17, 15) is 16.8 Å². The molecule has 2 N–H and O–H groups in total. The SMILES string of the molecule is CCNC(=NCc1ccc(S(=O)(=O)N(C)C)cc1)NC(C)CCS(C)(=O)=O. The second-order valence-electron chi connectivity index (χ2n) is 6.59. The summed E-state index contributed by atoms with van der Waals surface area (Å²) in [7, 11) is -3.46. The fourth-order valence-corrected chi connectivity index (χ4v) is 3.85. The van der Waals surface area contributed by atoms with Crippen LogP contribution < -0.4 is 10.6 Å². The van der Waals surface area contributed by atoms with Crippen molar-refractivity contribution in [2.24, 2.45) is 4.99 Å². The maximum Gasteiger partial charge on any atom is 0.242 e. The van der Waals surface area contributed by atoms with Gasteiger partial charge in [-0.15, -0.1) is 0 Å². The number of aliphatic imine (C=N–C) groups is 1. The van der Waals surface area contributed by atoms with Crippen LogP contribution in [0.2, 0.25) is 0 Å². The Morgan fingerprint density at radius 3 is 2.22 bits per heavy atom. The van der Waals surface area contributed by atoms with Crippen molar-refractivity contribution in [3.63, 3.8) is 0 Å². The predicted octanol–water partition coefficient (Wildman–Crippen LogP) is 0.815. The summed E-state index contributed by atoms with van der Waals surface area (Å²) >= 11 is 0. The Morgan fingerprint density at radius 1 is 1.15 bits per heavy atom. The molecule has 1 atom stereocenters. The first-order chi connectivity index (χ1) is 12.5. The standard InChI is InChI=1S/C17H30N4O4S2/c1-6-18-17(20-14(2)11-12-26(5,22)23)19-13-15-7-9-16(10-8-15)27(24,25)21(3)4/h7-10,14H,6,11-13H2,1-5H3,(H2,18,19,20). The molecule has 10 heteroatoms. The maximum absolute atomic E-state index is 12.1. The van der Waals surface area contributed by atoms with Crippen molar-refractivity contribution in [3.05, 3.63) is 29.8 Å². The van der Waals surface area contributed by atoms with Gasteiger partial charge in [0.15, 0.2) is 5.96 Å². The van der Waals surface area contributed by atoms with Crippen LogP contribution in [0.25, 0.3) is 0 Å². The molecule has 27 heavy (non-hydrogen) atoms. The van der Waals surface area contributed by atoms with Crippen molar-refractivity contribution in [1.82, 2.24) is 14.9 Å². The van der Waals surface area contributed by atoms with Crippen LogP contribution >= 0.6 is 0 Å². The summed E-state index contributed by atoms with van der Waals surface area (Å²) in [5.41, 5.74) is 0.869. The van der Waals surface area contributed by atoms with Crippen LogP contribution in [-0.2, 0) is 26.4 Å². The van der Waals surface area contributed by atoms with Gasteiger partial charge in [0.25, 0.3) is 0 Å². The van der Waals surface area contributed by atoms with E-state index in [2.05, 4.69) is 15.6 Å². The summed E-state index contributed by atoms with van der Waals surface area (Å²) in [6.45, 7) is 4.89. The van der Waals surface area contributed by atoms with Gasteiger partial charge in [-0.1, -0.05) is 12.1 Å². The lowest BCUT2D eigenvalue weighted by molar-refractivity contribution is 0.520. The van der Waals surface area contributed by atoms with Gasteiger partial charge in [-0.3, -0.25) is 0 Å². The van der Waals surface area contributed by atoms with Gasteiger partial charge in [0.2, 0.25) is 10.0 Å². The molecule has 1 aromatic carbocycles. The van der Waals surface area contributed by atoms with Gasteiger partial charge in [-0.25, -0.2) is 26.1 Å². The van der Waals surface area contributed by atoms with Gasteiger partial charge in [-0.05, 0) is 38.0 Å². The summed E-state index contributed by atoms with van der Waals surface area (Å²) < 4.78 is 47.9. The Bertz CT molecular complexity index is 832. The Hall–Kier alpha value is -1.65. The molecular formula is C17H30N4O4S2. The van der Waals surface area contributed by atoms with Gasteiger partial charge in [0.1, 0.15) is 9.84 Å². The molecule has 0 aliphatic heterocycles. The minimum atomic E-state index is -3.44. The van der Waals surface area contributed by atoms with Gasteiger partial charge < -0.3 is 10.6 Å². The number of nitrogens with zero attached hydrogens (tertiary/aromatic N) is 2. The first-order valence-corrected chi connectivity index (χ1v) is 12.2. The number of benzene rings is 1. The average Bonchev–Trinajstić information content (AvgIpc) is 2.57. The molecule has 1 rings (SSSR count). The van der Waals surface area contributed by atoms with Crippen molar-refractivity contribution in [2.45, 2.75) is 37.8 Å². The largest absolute Gasteiger partial charge is 0.357 e. The van der Waals surface area contributed by atoms with E-state index < -0.39 is 19.9 Å². The van der Waals surface area contributed by atoms with Crippen molar-refractivity contribution in [2.75, 3.05) is 32.6 Å². The van der Waals surface area contributed by atoms with Crippen LogP contribution in [0.5, 0.6) is 0 Å². The second kappa shape index (κ2) is 10.0. The number of guanidine groups is 1. The highest BCUT2D eigenvalue weighted by molar-refractivity contribution is 7.90. The molecule has 0 spiro atoms. The Morgan fingerprint density at radius 2 is 1.74 bits per heavy atom. The van der Waals surface area contributed by atoms with Crippen molar-refractivity contribution < 1.29 is 16.8 Å². The summed E-state index contributed by atoms with van der Waals surface area (Å²) in [5.74, 6) is 0.700. The molecule has 0 bridgehead atoms. The number of sulfone groups is 1. The van der Waals surface area contributed by atoms with Gasteiger partial charge in [0, 0.05) is 32.9 Å². The van der Waals surface area contributed by atoms with Crippen LogP contribution in [0.3, 0.4) is 0 Å². The topological polar surface area (TPSA) is 108 Å². The molecule has 0 saturated heterocycles. The predicted molar refractivity (Wildman–Crippen MR) is 109 cm³/mol. The molecule has 1 unspecified atom stereocenters. The molecule has 0 aromatic heterocycles. The van der Waals surface area contributed by atoms with Crippen molar-refractivity contribution in [3.8, 4) is 0 Å². The Kier molecular flexibility index (Phi) is 8.70. The third-order valence-corrected chi connectivity index (χ3v) is 6.58. The highest BCUT2D eigenvalue weighted by atomic mass is 32.2. The summed E-state index contributed by atoms with van der Waals surface area (Å²) in [6.07, 6.45) is 1.71. The van der Waals surface area contributed by atoms with E-state index in [0.717, 1.165) is 5.56 Å². The molecule has 0 aliphatic rings. The van der Waals surface area contributed by atoms with Crippen molar-refractivity contribution >= 4 is 25.8 Å². The van der Waals surface area contributed by atoms with Crippen molar-refractivity contribution in [1.29, 1.82) is 0 Å². The molecular weight excluding hydrogens is 388 g/mol. The summed E-state index contributed by atoms with van der Waals surface area (Å²) in [6, 6.07) is 6.54. The molecule has 0 saturated carbocycles. The monoisotopic (exact) mass is 418 g/mol. The minimum Gasteiger partial charge on any atom is -0.357 e. The first kappa shape index (κ1) is 23.4. The van der Waals surface area contributed by atoms with Crippen LogP contribution in [0.4, 0.5) is 0 Å². The minimum absolute atomic E-state index is 0.0508. The van der Waals surface area contributed by atoms with Crippen LogP contribution in [-0.4, -0.2) is 65.8 Å². The van der Waals surface area contributed by atoms with E-state index in [1.54, 1.807) is 24.3 Å². The Labute approximate surface area is 163 Å². The third-order valence-electron chi connectivity index (χ3n) is 3.77. The zero-order valence-electron chi connectivity index (χ0n) is 16.6. The lowest BCUT2D eigenvalue weighted by Crippen LogP contribution is -2.42. The zero-order chi connectivity index (χ0) is 20.7. The molecule has 0 radical (unpaired) electrons. The molecule has 0 heterocycles. The zero-order valence-corrected chi connectivity index (χ0v) is 18.2. The van der Waals surface area contributed by atoms with E-state index in [1.165, 1.54) is 24.7 Å². The maximum atomic E-state index is 12.1. The lowest BCUT2D eigenvalue weighted by Gasteiger charge is -2.17. The number of sulfonamides is 1. The number of rotatable bonds is 9. The average molecular weight is 419 g/mol. The highest BCUT2D eigenvalue weighted by Crippen LogP contribution is 2.14. The van der Waals surface area contributed by atoms with E-state index >= 15 is 0 Å². The quantitative estimate of drug-likeness (QED) is 0.454. The summed E-state index contributed by atoms with van der Waals surface area (Å²) in [4.78, 5) is 4.72. The molecule has 0 aliphatic carbocycles. The fraction of sp³-hybridized carbons (Fsp3) is 0.588. The number of hydrogen-bond donors (Lipinski definition) is 2. The molecule has 0 amide bonds. The molecule has 154 valence electrons. The van der Waals surface area contributed by atoms with Crippen LogP contribution in [0.1, 0.15) is 25.8 Å². The van der Waals surface area contributed by atoms with E-state index in [1.807, 2.05) is 13.8 Å². The van der Waals surface area contributed by atoms with Crippen LogP contribution in [0.15, 0.2) is 34.2 Å².